The molecule has 1 aromatic heterocycles. The second-order valence-corrected chi connectivity index (χ2v) is 4.39. The molecule has 0 aliphatic rings. The lowest BCUT2D eigenvalue weighted by molar-refractivity contribution is 0.720. The van der Waals surface area contributed by atoms with Crippen LogP contribution in [0.3, 0.4) is 0 Å². The number of aromatic nitrogens is 2. The topological polar surface area (TPSA) is 54.7 Å². The Bertz CT molecular complexity index is 459. The molecule has 1 unspecified atom stereocenters. The zero-order valence-electron chi connectivity index (χ0n) is 9.07. The molecule has 0 aliphatic carbocycles. The Labute approximate surface area is 99.6 Å². The highest BCUT2D eigenvalue weighted by Gasteiger charge is 2.08. The van der Waals surface area contributed by atoms with Gasteiger partial charge in [-0.1, -0.05) is 23.7 Å². The summed E-state index contributed by atoms with van der Waals surface area (Å²) in [7, 11) is 0. The fraction of sp³-hybridized carbons (Fsp3) is 0.250. The van der Waals surface area contributed by atoms with Gasteiger partial charge >= 0.3 is 0 Å². The minimum Gasteiger partial charge on any atom is -0.328 e. The van der Waals surface area contributed by atoms with Crippen molar-refractivity contribution in [2.24, 2.45) is 5.73 Å². The van der Waals surface area contributed by atoms with Crippen molar-refractivity contribution in [2.75, 3.05) is 0 Å². The molecule has 2 aromatic rings. The van der Waals surface area contributed by atoms with E-state index in [9.17, 15) is 0 Å². The van der Waals surface area contributed by atoms with Crippen molar-refractivity contribution >= 4 is 11.6 Å². The number of hydrogen-bond donors (Lipinski definition) is 2. The second kappa shape index (κ2) is 4.68. The summed E-state index contributed by atoms with van der Waals surface area (Å²) in [4.78, 5) is 0. The summed E-state index contributed by atoms with van der Waals surface area (Å²) in [5.74, 6) is 0. The monoisotopic (exact) mass is 235 g/mol. The van der Waals surface area contributed by atoms with Crippen molar-refractivity contribution in [2.45, 2.75) is 19.4 Å². The zero-order valence-corrected chi connectivity index (χ0v) is 9.83. The summed E-state index contributed by atoms with van der Waals surface area (Å²) >= 11 is 5.85. The standard InChI is InChI=1S/C12H14ClN3/c1-8(14)6-12-11(7-15-16-12)9-2-4-10(13)5-3-9/h2-5,7-8H,6,14H2,1H3,(H,15,16). The number of rotatable bonds is 3. The van der Waals surface area contributed by atoms with E-state index in [-0.39, 0.29) is 6.04 Å². The van der Waals surface area contributed by atoms with Crippen molar-refractivity contribution in [3.8, 4) is 11.1 Å². The Morgan fingerprint density at radius 1 is 1.38 bits per heavy atom. The lowest BCUT2D eigenvalue weighted by Crippen LogP contribution is -2.18. The van der Waals surface area contributed by atoms with Gasteiger partial charge in [-0.25, -0.2) is 0 Å². The van der Waals surface area contributed by atoms with E-state index in [1.165, 1.54) is 0 Å². The molecule has 0 saturated heterocycles. The van der Waals surface area contributed by atoms with E-state index < -0.39 is 0 Å². The summed E-state index contributed by atoms with van der Waals surface area (Å²) in [6, 6.07) is 7.83. The predicted octanol–water partition coefficient (Wildman–Crippen LogP) is 2.62. The Morgan fingerprint density at radius 2 is 2.06 bits per heavy atom. The molecule has 1 heterocycles. The molecule has 3 N–H and O–H groups in total. The highest BCUT2D eigenvalue weighted by atomic mass is 35.5. The van der Waals surface area contributed by atoms with E-state index in [0.29, 0.717) is 0 Å². The molecular weight excluding hydrogens is 222 g/mol. The van der Waals surface area contributed by atoms with Crippen LogP contribution < -0.4 is 5.73 Å². The van der Waals surface area contributed by atoms with Gasteiger partial charge in [0.25, 0.3) is 0 Å². The molecule has 84 valence electrons. The first-order valence-corrected chi connectivity index (χ1v) is 5.58. The Morgan fingerprint density at radius 3 is 2.69 bits per heavy atom. The van der Waals surface area contributed by atoms with Crippen LogP contribution in [-0.2, 0) is 6.42 Å². The van der Waals surface area contributed by atoms with Crippen molar-refractivity contribution in [1.29, 1.82) is 0 Å². The first-order chi connectivity index (χ1) is 7.66. The molecule has 0 spiro atoms. The Kier molecular flexibility index (Phi) is 3.27. The molecule has 0 aliphatic heterocycles. The number of nitrogens with zero attached hydrogens (tertiary/aromatic N) is 1. The van der Waals surface area contributed by atoms with Gasteiger partial charge in [-0.15, -0.1) is 0 Å². The molecule has 4 heteroatoms. The van der Waals surface area contributed by atoms with E-state index in [0.717, 1.165) is 28.3 Å². The summed E-state index contributed by atoms with van der Waals surface area (Å²) in [5.41, 5.74) is 9.05. The molecular formula is C12H14ClN3. The third-order valence-electron chi connectivity index (χ3n) is 2.40. The molecule has 0 fully saturated rings. The van der Waals surface area contributed by atoms with Gasteiger partial charge < -0.3 is 5.73 Å². The van der Waals surface area contributed by atoms with Crippen molar-refractivity contribution in [3.63, 3.8) is 0 Å². The number of aromatic amines is 1. The third-order valence-corrected chi connectivity index (χ3v) is 2.65. The van der Waals surface area contributed by atoms with Crippen molar-refractivity contribution in [1.82, 2.24) is 10.2 Å². The first-order valence-electron chi connectivity index (χ1n) is 5.20. The normalized spacial score (nSPS) is 12.7. The van der Waals surface area contributed by atoms with Crippen LogP contribution in [-0.4, -0.2) is 16.2 Å². The maximum Gasteiger partial charge on any atom is 0.0568 e. The second-order valence-electron chi connectivity index (χ2n) is 3.95. The molecule has 0 bridgehead atoms. The number of benzene rings is 1. The molecule has 0 saturated carbocycles. The van der Waals surface area contributed by atoms with Gasteiger partial charge in [-0.05, 0) is 24.6 Å². The Balaban J connectivity index is 2.33. The van der Waals surface area contributed by atoms with Crippen LogP contribution >= 0.6 is 11.6 Å². The van der Waals surface area contributed by atoms with Crippen molar-refractivity contribution in [3.05, 3.63) is 41.2 Å². The third kappa shape index (κ3) is 2.43. The van der Waals surface area contributed by atoms with Crippen LogP contribution in [0.5, 0.6) is 0 Å². The molecule has 3 nitrogen and oxygen atoms in total. The fourth-order valence-corrected chi connectivity index (χ4v) is 1.79. The summed E-state index contributed by atoms with van der Waals surface area (Å²) in [6.07, 6.45) is 2.61. The molecule has 0 amide bonds. The first kappa shape index (κ1) is 11.2. The smallest absolute Gasteiger partial charge is 0.0568 e. The Hall–Kier alpha value is -1.32. The zero-order chi connectivity index (χ0) is 11.5. The van der Waals surface area contributed by atoms with Gasteiger partial charge in [-0.2, -0.15) is 5.10 Å². The van der Waals surface area contributed by atoms with Crippen LogP contribution in [0.15, 0.2) is 30.5 Å². The van der Waals surface area contributed by atoms with Crippen LogP contribution in [0.2, 0.25) is 5.02 Å². The van der Waals surface area contributed by atoms with E-state index in [4.69, 9.17) is 17.3 Å². The largest absolute Gasteiger partial charge is 0.328 e. The van der Waals surface area contributed by atoms with Gasteiger partial charge in [0.2, 0.25) is 0 Å². The predicted molar refractivity (Wildman–Crippen MR) is 66.4 cm³/mol. The lowest BCUT2D eigenvalue weighted by Gasteiger charge is -2.06. The lowest BCUT2D eigenvalue weighted by atomic mass is 10.0. The van der Waals surface area contributed by atoms with Crippen molar-refractivity contribution < 1.29 is 0 Å². The SMILES string of the molecule is CC(N)Cc1[nH]ncc1-c1ccc(Cl)cc1. The maximum absolute atomic E-state index is 5.85. The van der Waals surface area contributed by atoms with Gasteiger partial charge in [0.1, 0.15) is 0 Å². The van der Waals surface area contributed by atoms with E-state index in [2.05, 4.69) is 10.2 Å². The quantitative estimate of drug-likeness (QED) is 0.859. The molecule has 1 atom stereocenters. The van der Waals surface area contributed by atoms with Gasteiger partial charge in [0.05, 0.1) is 6.20 Å². The van der Waals surface area contributed by atoms with Gasteiger partial charge in [-0.3, -0.25) is 5.10 Å². The number of hydrogen-bond acceptors (Lipinski definition) is 2. The number of H-pyrrole nitrogens is 1. The number of halogens is 1. The van der Waals surface area contributed by atoms with Crippen LogP contribution in [0.25, 0.3) is 11.1 Å². The van der Waals surface area contributed by atoms with E-state index in [1.54, 1.807) is 0 Å². The summed E-state index contributed by atoms with van der Waals surface area (Å²) in [6.45, 7) is 1.98. The maximum atomic E-state index is 5.85. The molecule has 2 rings (SSSR count). The highest BCUT2D eigenvalue weighted by molar-refractivity contribution is 6.30. The van der Waals surface area contributed by atoms with Crippen LogP contribution in [0.1, 0.15) is 12.6 Å². The summed E-state index contributed by atoms with van der Waals surface area (Å²) < 4.78 is 0. The molecule has 1 aromatic carbocycles. The van der Waals surface area contributed by atoms with E-state index in [1.807, 2.05) is 37.4 Å². The minimum absolute atomic E-state index is 0.117. The average molecular weight is 236 g/mol. The molecule has 16 heavy (non-hydrogen) atoms. The van der Waals surface area contributed by atoms with Gasteiger partial charge in [0, 0.05) is 28.7 Å². The number of nitrogens with two attached hydrogens (primary N) is 1. The van der Waals surface area contributed by atoms with Crippen LogP contribution in [0.4, 0.5) is 0 Å². The highest BCUT2D eigenvalue weighted by Crippen LogP contribution is 2.24. The molecule has 0 radical (unpaired) electrons. The van der Waals surface area contributed by atoms with Crippen LogP contribution in [0, 0.1) is 0 Å². The minimum atomic E-state index is 0.117. The van der Waals surface area contributed by atoms with E-state index >= 15 is 0 Å². The number of nitrogens with one attached hydrogen (secondary N) is 1. The summed E-state index contributed by atoms with van der Waals surface area (Å²) in [5, 5.41) is 7.78. The average Bonchev–Trinajstić information content (AvgIpc) is 2.66. The van der Waals surface area contributed by atoms with Gasteiger partial charge in [0.15, 0.2) is 0 Å². The fourth-order valence-electron chi connectivity index (χ4n) is 1.67.